The van der Waals surface area contributed by atoms with Gasteiger partial charge in [0.25, 0.3) is 0 Å². The van der Waals surface area contributed by atoms with E-state index in [1.165, 1.54) is 0 Å². The van der Waals surface area contributed by atoms with Gasteiger partial charge in [-0.1, -0.05) is 15.9 Å². The van der Waals surface area contributed by atoms with Crippen molar-refractivity contribution in [3.8, 4) is 5.75 Å². The number of hydrogen-bond donors (Lipinski definition) is 2. The molecule has 0 bridgehead atoms. The summed E-state index contributed by atoms with van der Waals surface area (Å²) in [7, 11) is 0. The van der Waals surface area contributed by atoms with E-state index in [1.807, 2.05) is 13.0 Å². The van der Waals surface area contributed by atoms with E-state index in [4.69, 9.17) is 0 Å². The predicted octanol–water partition coefficient (Wildman–Crippen LogP) is 2.22. The van der Waals surface area contributed by atoms with Gasteiger partial charge in [0.05, 0.1) is 0 Å². The molecule has 1 heterocycles. The molecule has 0 radical (unpaired) electrons. The highest BCUT2D eigenvalue weighted by Gasteiger charge is 2.14. The molecule has 1 aromatic rings. The Bertz CT molecular complexity index is 402. The number of aryl methyl sites for hydroxylation is 1. The average molecular weight is 313 g/mol. The number of halogens is 1. The van der Waals surface area contributed by atoms with Crippen molar-refractivity contribution in [2.24, 2.45) is 0 Å². The molecular weight excluding hydrogens is 292 g/mol. The van der Waals surface area contributed by atoms with Crippen molar-refractivity contribution in [2.75, 3.05) is 32.7 Å². The lowest BCUT2D eigenvalue weighted by Gasteiger charge is -2.27. The van der Waals surface area contributed by atoms with Crippen molar-refractivity contribution in [3.63, 3.8) is 0 Å². The number of benzene rings is 1. The van der Waals surface area contributed by atoms with Gasteiger partial charge in [0.2, 0.25) is 0 Å². The van der Waals surface area contributed by atoms with Gasteiger partial charge in [-0.25, -0.2) is 0 Å². The first-order valence-corrected chi connectivity index (χ1v) is 7.29. The lowest BCUT2D eigenvalue weighted by Crippen LogP contribution is -2.44. The molecule has 18 heavy (non-hydrogen) atoms. The molecule has 1 aliphatic heterocycles. The van der Waals surface area contributed by atoms with Crippen LogP contribution in [0, 0.1) is 13.8 Å². The van der Waals surface area contributed by atoms with Gasteiger partial charge in [-0.2, -0.15) is 0 Å². The van der Waals surface area contributed by atoms with Crippen molar-refractivity contribution in [1.29, 1.82) is 0 Å². The van der Waals surface area contributed by atoms with E-state index < -0.39 is 0 Å². The number of nitrogens with zero attached hydrogens (tertiary/aromatic N) is 1. The molecule has 1 aliphatic rings. The molecule has 0 atom stereocenters. The van der Waals surface area contributed by atoms with Crippen LogP contribution in [-0.2, 0) is 6.42 Å². The third-order valence-electron chi connectivity index (χ3n) is 3.70. The first kappa shape index (κ1) is 13.8. The van der Waals surface area contributed by atoms with Crippen molar-refractivity contribution in [3.05, 3.63) is 27.2 Å². The highest BCUT2D eigenvalue weighted by atomic mass is 79.9. The summed E-state index contributed by atoms with van der Waals surface area (Å²) >= 11 is 3.56. The minimum atomic E-state index is 0.464. The second kappa shape index (κ2) is 6.04. The van der Waals surface area contributed by atoms with Crippen LogP contribution in [0.4, 0.5) is 0 Å². The van der Waals surface area contributed by atoms with Crippen LogP contribution in [0.25, 0.3) is 0 Å². The summed E-state index contributed by atoms with van der Waals surface area (Å²) in [6.07, 6.45) is 0.915. The van der Waals surface area contributed by atoms with Crippen LogP contribution >= 0.6 is 15.9 Å². The van der Waals surface area contributed by atoms with Gasteiger partial charge in [0, 0.05) is 37.2 Å². The predicted molar refractivity (Wildman–Crippen MR) is 78.3 cm³/mol. The zero-order chi connectivity index (χ0) is 13.1. The Kier molecular flexibility index (Phi) is 4.65. The summed E-state index contributed by atoms with van der Waals surface area (Å²) < 4.78 is 1.09. The van der Waals surface area contributed by atoms with E-state index in [0.717, 1.165) is 60.3 Å². The van der Waals surface area contributed by atoms with Crippen LogP contribution in [0.15, 0.2) is 10.5 Å². The van der Waals surface area contributed by atoms with E-state index in [1.54, 1.807) is 0 Å². The zero-order valence-electron chi connectivity index (χ0n) is 11.1. The Balaban J connectivity index is 2.08. The molecule has 0 aliphatic carbocycles. The third kappa shape index (κ3) is 3.05. The van der Waals surface area contributed by atoms with Gasteiger partial charge in [-0.15, -0.1) is 0 Å². The van der Waals surface area contributed by atoms with Crippen LogP contribution in [0.2, 0.25) is 0 Å². The normalized spacial score (nSPS) is 17.1. The lowest BCUT2D eigenvalue weighted by molar-refractivity contribution is 0.243. The summed E-state index contributed by atoms with van der Waals surface area (Å²) in [5, 5.41) is 13.5. The van der Waals surface area contributed by atoms with Crippen LogP contribution in [0.1, 0.15) is 16.7 Å². The number of phenols is 1. The van der Waals surface area contributed by atoms with Gasteiger partial charge < -0.3 is 15.3 Å². The van der Waals surface area contributed by atoms with E-state index in [-0.39, 0.29) is 0 Å². The van der Waals surface area contributed by atoms with Crippen LogP contribution in [-0.4, -0.2) is 42.7 Å². The Morgan fingerprint density at radius 3 is 2.67 bits per heavy atom. The van der Waals surface area contributed by atoms with Crippen molar-refractivity contribution in [1.82, 2.24) is 10.2 Å². The molecule has 1 fully saturated rings. The summed E-state index contributed by atoms with van der Waals surface area (Å²) in [5.41, 5.74) is 3.19. The Morgan fingerprint density at radius 1 is 1.33 bits per heavy atom. The number of nitrogens with one attached hydrogen (secondary N) is 1. The van der Waals surface area contributed by atoms with Gasteiger partial charge in [0.1, 0.15) is 5.75 Å². The molecule has 0 amide bonds. The maximum Gasteiger partial charge on any atom is 0.122 e. The van der Waals surface area contributed by atoms with Crippen LogP contribution in [0.3, 0.4) is 0 Å². The third-order valence-corrected chi connectivity index (χ3v) is 4.52. The largest absolute Gasteiger partial charge is 0.507 e. The Morgan fingerprint density at radius 2 is 2.00 bits per heavy atom. The van der Waals surface area contributed by atoms with E-state index in [0.29, 0.717) is 5.75 Å². The maximum absolute atomic E-state index is 10.2. The fourth-order valence-corrected chi connectivity index (χ4v) is 3.02. The van der Waals surface area contributed by atoms with E-state index in [9.17, 15) is 5.11 Å². The molecule has 3 nitrogen and oxygen atoms in total. The highest BCUT2D eigenvalue weighted by molar-refractivity contribution is 9.10. The molecule has 4 heteroatoms. The van der Waals surface area contributed by atoms with E-state index >= 15 is 0 Å². The lowest BCUT2D eigenvalue weighted by atomic mass is 10.0. The van der Waals surface area contributed by atoms with Gasteiger partial charge >= 0.3 is 0 Å². The summed E-state index contributed by atoms with van der Waals surface area (Å²) in [4.78, 5) is 2.45. The van der Waals surface area contributed by atoms with Crippen LogP contribution < -0.4 is 5.32 Å². The average Bonchev–Trinajstić information content (AvgIpc) is 2.38. The van der Waals surface area contributed by atoms with Crippen molar-refractivity contribution < 1.29 is 5.11 Å². The Labute approximate surface area is 117 Å². The van der Waals surface area contributed by atoms with Crippen molar-refractivity contribution >= 4 is 15.9 Å². The van der Waals surface area contributed by atoms with Gasteiger partial charge in [-0.05, 0) is 43.0 Å². The molecule has 0 aromatic heterocycles. The number of phenolic OH excluding ortho intramolecular Hbond substituents is 1. The summed E-state index contributed by atoms with van der Waals surface area (Å²) in [5.74, 6) is 0.464. The van der Waals surface area contributed by atoms with Crippen LogP contribution in [0.5, 0.6) is 5.75 Å². The first-order chi connectivity index (χ1) is 8.59. The second-order valence-electron chi connectivity index (χ2n) is 4.97. The minimum absolute atomic E-state index is 0.464. The second-order valence-corrected chi connectivity index (χ2v) is 5.82. The molecule has 1 aromatic carbocycles. The fourth-order valence-electron chi connectivity index (χ4n) is 2.44. The topological polar surface area (TPSA) is 35.5 Å². The summed E-state index contributed by atoms with van der Waals surface area (Å²) in [6.45, 7) is 9.39. The summed E-state index contributed by atoms with van der Waals surface area (Å²) in [6, 6.07) is 1.99. The molecule has 0 unspecified atom stereocenters. The Hall–Kier alpha value is -0.580. The molecule has 1 saturated heterocycles. The number of hydrogen-bond acceptors (Lipinski definition) is 3. The molecule has 0 spiro atoms. The SMILES string of the molecule is Cc1cc(Br)c(C)c(CCN2CCNCC2)c1O. The molecule has 0 saturated carbocycles. The van der Waals surface area contributed by atoms with Crippen molar-refractivity contribution in [2.45, 2.75) is 20.3 Å². The zero-order valence-corrected chi connectivity index (χ0v) is 12.7. The number of piperazine rings is 1. The fraction of sp³-hybridized carbons (Fsp3) is 0.571. The first-order valence-electron chi connectivity index (χ1n) is 6.50. The highest BCUT2D eigenvalue weighted by Crippen LogP contribution is 2.31. The van der Waals surface area contributed by atoms with E-state index in [2.05, 4.69) is 33.1 Å². The standard InChI is InChI=1S/C14H21BrN2O/c1-10-9-13(15)11(2)12(14(10)18)3-6-17-7-4-16-5-8-17/h9,16,18H,3-8H2,1-2H3. The molecule has 2 N–H and O–H groups in total. The number of aromatic hydroxyl groups is 1. The maximum atomic E-state index is 10.2. The minimum Gasteiger partial charge on any atom is -0.507 e. The smallest absolute Gasteiger partial charge is 0.122 e. The molecular formula is C14H21BrN2O. The molecule has 2 rings (SSSR count). The monoisotopic (exact) mass is 312 g/mol. The quantitative estimate of drug-likeness (QED) is 0.898. The van der Waals surface area contributed by atoms with Gasteiger partial charge in [0.15, 0.2) is 0 Å². The number of rotatable bonds is 3. The van der Waals surface area contributed by atoms with Gasteiger partial charge in [-0.3, -0.25) is 0 Å². The molecule has 100 valence electrons.